The Kier molecular flexibility index (Phi) is 3.62. The molecule has 19 heavy (non-hydrogen) atoms. The molecule has 5 heteroatoms. The van der Waals surface area contributed by atoms with E-state index in [1.54, 1.807) is 12.1 Å². The Balaban J connectivity index is 2.47. The lowest BCUT2D eigenvalue weighted by Gasteiger charge is -2.25. The zero-order valence-electron chi connectivity index (χ0n) is 10.2. The third-order valence-electron chi connectivity index (χ3n) is 3.11. The van der Waals surface area contributed by atoms with Gasteiger partial charge in [0.15, 0.2) is 0 Å². The molecule has 2 rings (SSSR count). The summed E-state index contributed by atoms with van der Waals surface area (Å²) in [5, 5.41) is 9.67. The van der Waals surface area contributed by atoms with Crippen molar-refractivity contribution < 1.29 is 18.7 Å². The Labute approximate surface area is 114 Å². The summed E-state index contributed by atoms with van der Waals surface area (Å²) in [6, 6.07) is 7.31. The fourth-order valence-electron chi connectivity index (χ4n) is 1.98. The van der Waals surface area contributed by atoms with Gasteiger partial charge in [-0.1, -0.05) is 17.7 Å². The van der Waals surface area contributed by atoms with Crippen molar-refractivity contribution in [2.45, 2.75) is 18.8 Å². The lowest BCUT2D eigenvalue weighted by Crippen LogP contribution is -2.35. The van der Waals surface area contributed by atoms with Gasteiger partial charge in [0, 0.05) is 17.0 Å². The number of carbonyl (C=O) groups is 1. The van der Waals surface area contributed by atoms with Crippen LogP contribution in [0, 0.1) is 5.82 Å². The molecule has 0 saturated carbocycles. The molecule has 3 nitrogen and oxygen atoms in total. The maximum atomic E-state index is 14.0. The highest BCUT2D eigenvalue weighted by Crippen LogP contribution is 2.32. The fraction of sp³-hybridized carbons (Fsp3) is 0.214. The van der Waals surface area contributed by atoms with E-state index in [1.165, 1.54) is 25.3 Å². The van der Waals surface area contributed by atoms with Gasteiger partial charge < -0.3 is 9.52 Å². The topological polar surface area (TPSA) is 50.4 Å². The molecule has 1 unspecified atom stereocenters. The molecule has 1 aromatic carbocycles. The van der Waals surface area contributed by atoms with Gasteiger partial charge in [0.05, 0.1) is 11.7 Å². The van der Waals surface area contributed by atoms with Gasteiger partial charge in [-0.15, -0.1) is 0 Å². The van der Waals surface area contributed by atoms with Crippen LogP contribution in [0.4, 0.5) is 4.39 Å². The molecule has 1 heterocycles. The largest absolute Gasteiger partial charge is 0.481 e. The molecule has 0 fully saturated rings. The number of rotatable bonds is 4. The summed E-state index contributed by atoms with van der Waals surface area (Å²) >= 11 is 5.68. The quantitative estimate of drug-likeness (QED) is 0.931. The Morgan fingerprint density at radius 2 is 2.21 bits per heavy atom. The number of benzene rings is 1. The first kappa shape index (κ1) is 13.6. The smallest absolute Gasteiger partial charge is 0.314 e. The first-order valence-electron chi connectivity index (χ1n) is 5.65. The standard InChI is InChI=1S/C14H12ClFO3/c1-14(13(17)18,8-10-3-2-6-19-10)11-5-4-9(15)7-12(11)16/h2-7H,8H2,1H3,(H,17,18). The van der Waals surface area contributed by atoms with Crippen LogP contribution in [0.1, 0.15) is 18.2 Å². The summed E-state index contributed by atoms with van der Waals surface area (Å²) in [6.45, 7) is 1.46. The first-order chi connectivity index (χ1) is 8.93. The Morgan fingerprint density at radius 3 is 2.74 bits per heavy atom. The second-order valence-corrected chi connectivity index (χ2v) is 4.95. The van der Waals surface area contributed by atoms with Crippen molar-refractivity contribution in [2.75, 3.05) is 0 Å². The fourth-order valence-corrected chi connectivity index (χ4v) is 2.14. The molecule has 0 amide bonds. The summed E-state index contributed by atoms with van der Waals surface area (Å²) in [5.41, 5.74) is -1.33. The molecule has 100 valence electrons. The minimum absolute atomic E-state index is 0.0634. The van der Waals surface area contributed by atoms with E-state index in [0.717, 1.165) is 6.07 Å². The van der Waals surface area contributed by atoms with E-state index < -0.39 is 17.2 Å². The van der Waals surface area contributed by atoms with Gasteiger partial charge in [-0.2, -0.15) is 0 Å². The molecule has 0 radical (unpaired) electrons. The van der Waals surface area contributed by atoms with E-state index in [1.807, 2.05) is 0 Å². The first-order valence-corrected chi connectivity index (χ1v) is 6.02. The number of aliphatic carboxylic acids is 1. The summed E-state index contributed by atoms with van der Waals surface area (Å²) < 4.78 is 19.1. The Bertz CT molecular complexity index is 595. The lowest BCUT2D eigenvalue weighted by molar-refractivity contribution is -0.143. The molecule has 1 aromatic heterocycles. The molecule has 1 atom stereocenters. The van der Waals surface area contributed by atoms with Crippen LogP contribution >= 0.6 is 11.6 Å². The van der Waals surface area contributed by atoms with Gasteiger partial charge >= 0.3 is 5.97 Å². The highest BCUT2D eigenvalue weighted by atomic mass is 35.5. The van der Waals surface area contributed by atoms with E-state index in [4.69, 9.17) is 16.0 Å². The zero-order valence-corrected chi connectivity index (χ0v) is 10.9. The minimum Gasteiger partial charge on any atom is -0.481 e. The molecule has 0 aliphatic heterocycles. The minimum atomic E-state index is -1.41. The van der Waals surface area contributed by atoms with Crippen LogP contribution in [0.2, 0.25) is 5.02 Å². The van der Waals surface area contributed by atoms with Gasteiger partial charge in [-0.25, -0.2) is 4.39 Å². The van der Waals surface area contributed by atoms with E-state index in [-0.39, 0.29) is 17.0 Å². The monoisotopic (exact) mass is 282 g/mol. The van der Waals surface area contributed by atoms with Crippen molar-refractivity contribution in [1.82, 2.24) is 0 Å². The van der Waals surface area contributed by atoms with Crippen LogP contribution in [-0.2, 0) is 16.6 Å². The normalized spacial score (nSPS) is 14.1. The number of carboxylic acids is 1. The SMILES string of the molecule is CC(Cc1ccco1)(C(=O)O)c1ccc(Cl)cc1F. The summed E-state index contributed by atoms with van der Waals surface area (Å²) in [4.78, 5) is 11.5. The van der Waals surface area contributed by atoms with Crippen molar-refractivity contribution in [3.05, 3.63) is 58.8 Å². The molecule has 0 aliphatic carbocycles. The molecular weight excluding hydrogens is 271 g/mol. The van der Waals surface area contributed by atoms with Gasteiger partial charge in [-0.05, 0) is 31.2 Å². The summed E-state index contributed by atoms with van der Waals surface area (Å²) in [6.07, 6.45) is 1.52. The molecule has 0 aliphatic rings. The van der Waals surface area contributed by atoms with E-state index in [9.17, 15) is 14.3 Å². The molecule has 2 aromatic rings. The molecule has 0 bridgehead atoms. The number of carboxylic acid groups (broad SMARTS) is 1. The molecular formula is C14H12ClFO3. The zero-order chi connectivity index (χ0) is 14.0. The number of hydrogen-bond donors (Lipinski definition) is 1. The van der Waals surface area contributed by atoms with Crippen LogP contribution in [0.5, 0.6) is 0 Å². The van der Waals surface area contributed by atoms with Crippen molar-refractivity contribution in [3.63, 3.8) is 0 Å². The van der Waals surface area contributed by atoms with Crippen LogP contribution < -0.4 is 0 Å². The number of hydrogen-bond acceptors (Lipinski definition) is 2. The van der Waals surface area contributed by atoms with Gasteiger partial charge in [0.25, 0.3) is 0 Å². The van der Waals surface area contributed by atoms with Crippen molar-refractivity contribution in [2.24, 2.45) is 0 Å². The van der Waals surface area contributed by atoms with Crippen LogP contribution in [0.15, 0.2) is 41.0 Å². The lowest BCUT2D eigenvalue weighted by atomic mass is 9.78. The average Bonchev–Trinajstić information content (AvgIpc) is 2.81. The molecule has 1 N–H and O–H groups in total. The predicted octanol–water partition coefficient (Wildman–Crippen LogP) is 3.66. The third-order valence-corrected chi connectivity index (χ3v) is 3.34. The van der Waals surface area contributed by atoms with E-state index in [0.29, 0.717) is 5.76 Å². The maximum absolute atomic E-state index is 14.0. The van der Waals surface area contributed by atoms with E-state index >= 15 is 0 Å². The van der Waals surface area contributed by atoms with Gasteiger partial charge in [0.1, 0.15) is 11.6 Å². The van der Waals surface area contributed by atoms with Crippen LogP contribution in [-0.4, -0.2) is 11.1 Å². The predicted molar refractivity (Wildman–Crippen MR) is 68.8 cm³/mol. The van der Waals surface area contributed by atoms with E-state index in [2.05, 4.69) is 0 Å². The van der Waals surface area contributed by atoms with Crippen molar-refractivity contribution >= 4 is 17.6 Å². The number of halogens is 2. The summed E-state index contributed by atoms with van der Waals surface area (Å²) in [7, 11) is 0. The number of furan rings is 1. The maximum Gasteiger partial charge on any atom is 0.314 e. The Morgan fingerprint density at radius 1 is 1.47 bits per heavy atom. The van der Waals surface area contributed by atoms with Gasteiger partial charge in [-0.3, -0.25) is 4.79 Å². The van der Waals surface area contributed by atoms with Crippen LogP contribution in [0.25, 0.3) is 0 Å². The average molecular weight is 283 g/mol. The van der Waals surface area contributed by atoms with Crippen molar-refractivity contribution in [3.8, 4) is 0 Å². The Hall–Kier alpha value is -1.81. The molecule has 0 spiro atoms. The van der Waals surface area contributed by atoms with Gasteiger partial charge in [0.2, 0.25) is 0 Å². The van der Waals surface area contributed by atoms with Crippen molar-refractivity contribution in [1.29, 1.82) is 0 Å². The highest BCUT2D eigenvalue weighted by Gasteiger charge is 2.38. The summed E-state index contributed by atoms with van der Waals surface area (Å²) in [5.74, 6) is -1.27. The van der Waals surface area contributed by atoms with Crippen LogP contribution in [0.3, 0.4) is 0 Å². The highest BCUT2D eigenvalue weighted by molar-refractivity contribution is 6.30. The molecule has 0 saturated heterocycles. The second kappa shape index (κ2) is 5.05. The third kappa shape index (κ3) is 2.63. The second-order valence-electron chi connectivity index (χ2n) is 4.52.